The lowest BCUT2D eigenvalue weighted by Crippen LogP contribution is -2.30. The standard InChI is InChI=1S/C68H132O17P2/c1-8-11-12-13-14-15-22-27-35-42-49-65(70)79-56-64(85-68(73)52-45-38-31-30-34-41-48-61(7)10-3)58-83-87(76,77)81-54-62(69)53-80-86(74,75)82-57-63(55-78-66(71)50-43-36-28-23-18-16-20-25-32-39-46-59(4)5)84-67(72)51-44-37-29-24-19-17-21-26-33-40-47-60(6)9-2/h59-64,69H,8-58H2,1-7H3,(H,74,75)(H,76,77)/t60?,61?,62-,63-,64-/m1/s1. The highest BCUT2D eigenvalue weighted by Gasteiger charge is 2.30. The van der Waals surface area contributed by atoms with Crippen LogP contribution in [0.4, 0.5) is 0 Å². The van der Waals surface area contributed by atoms with Crippen molar-refractivity contribution >= 4 is 39.5 Å². The van der Waals surface area contributed by atoms with Crippen molar-refractivity contribution in [1.82, 2.24) is 0 Å². The van der Waals surface area contributed by atoms with E-state index < -0.39 is 97.5 Å². The molecule has 0 fully saturated rings. The Morgan fingerprint density at radius 1 is 0.333 bits per heavy atom. The number of unbranched alkanes of at least 4 members (excludes halogenated alkanes) is 32. The summed E-state index contributed by atoms with van der Waals surface area (Å²) < 4.78 is 68.2. The smallest absolute Gasteiger partial charge is 0.462 e. The molecule has 0 rings (SSSR count). The number of hydrogen-bond donors (Lipinski definition) is 3. The van der Waals surface area contributed by atoms with Gasteiger partial charge in [-0.15, -0.1) is 0 Å². The van der Waals surface area contributed by atoms with Crippen LogP contribution in [-0.2, 0) is 65.4 Å². The van der Waals surface area contributed by atoms with Crippen molar-refractivity contribution in [3.05, 3.63) is 0 Å². The summed E-state index contributed by atoms with van der Waals surface area (Å²) in [7, 11) is -9.90. The molecule has 0 aliphatic rings. The average Bonchev–Trinajstić information content (AvgIpc) is 3.57. The van der Waals surface area contributed by atoms with Crippen LogP contribution in [0.1, 0.15) is 337 Å². The summed E-state index contributed by atoms with van der Waals surface area (Å²) in [5, 5.41) is 10.6. The number of rotatable bonds is 66. The summed E-state index contributed by atoms with van der Waals surface area (Å²) >= 11 is 0. The fourth-order valence-corrected chi connectivity index (χ4v) is 11.7. The molecule has 0 radical (unpaired) electrons. The second-order valence-corrected chi connectivity index (χ2v) is 28.4. The number of hydrogen-bond acceptors (Lipinski definition) is 15. The number of phosphoric ester groups is 2. The van der Waals surface area contributed by atoms with Gasteiger partial charge in [-0.3, -0.25) is 37.3 Å². The summed E-state index contributed by atoms with van der Waals surface area (Å²) in [5.74, 6) is 0.150. The summed E-state index contributed by atoms with van der Waals surface area (Å²) in [6.07, 6.45) is 41.6. The van der Waals surface area contributed by atoms with Crippen molar-refractivity contribution < 1.29 is 80.2 Å². The Hall–Kier alpha value is -1.94. The van der Waals surface area contributed by atoms with Gasteiger partial charge in [0, 0.05) is 25.7 Å². The minimum absolute atomic E-state index is 0.103. The number of ether oxygens (including phenoxy) is 4. The molecule has 4 unspecified atom stereocenters. The van der Waals surface area contributed by atoms with Crippen LogP contribution in [0, 0.1) is 17.8 Å². The molecule has 0 saturated heterocycles. The zero-order valence-corrected chi connectivity index (χ0v) is 58.3. The highest BCUT2D eigenvalue weighted by atomic mass is 31.2. The van der Waals surface area contributed by atoms with Crippen LogP contribution in [0.3, 0.4) is 0 Å². The summed E-state index contributed by atoms with van der Waals surface area (Å²) in [5.41, 5.74) is 0. The van der Waals surface area contributed by atoms with E-state index in [1.165, 1.54) is 148 Å². The number of aliphatic hydroxyl groups is 1. The largest absolute Gasteiger partial charge is 0.472 e. The van der Waals surface area contributed by atoms with E-state index in [0.717, 1.165) is 108 Å². The maximum Gasteiger partial charge on any atom is 0.472 e. The molecule has 0 heterocycles. The number of carbonyl (C=O) groups is 4. The van der Waals surface area contributed by atoms with E-state index in [1.54, 1.807) is 0 Å². The van der Waals surface area contributed by atoms with E-state index in [9.17, 15) is 43.2 Å². The summed E-state index contributed by atoms with van der Waals surface area (Å²) in [4.78, 5) is 72.4. The zero-order valence-electron chi connectivity index (χ0n) is 56.5. The van der Waals surface area contributed by atoms with Crippen molar-refractivity contribution in [2.45, 2.75) is 356 Å². The van der Waals surface area contributed by atoms with E-state index in [0.29, 0.717) is 25.7 Å². The third-order valence-electron chi connectivity index (χ3n) is 16.4. The molecule has 0 aliphatic heterocycles. The number of esters is 4. The highest BCUT2D eigenvalue weighted by Crippen LogP contribution is 2.45. The predicted molar refractivity (Wildman–Crippen MR) is 349 cm³/mol. The first-order valence-corrected chi connectivity index (χ1v) is 38.4. The van der Waals surface area contributed by atoms with Crippen LogP contribution >= 0.6 is 15.6 Å². The van der Waals surface area contributed by atoms with Crippen LogP contribution in [0.2, 0.25) is 0 Å². The Morgan fingerprint density at radius 3 is 0.874 bits per heavy atom. The SMILES string of the molecule is CCCCCCCCCCCCC(=O)OC[C@H](COP(=O)(O)OC[C@H](O)COP(=O)(O)OC[C@@H](COC(=O)CCCCCCCCCCCCC(C)C)OC(=O)CCCCCCCCCCCCC(C)CC)OC(=O)CCCCCCCCC(C)CC. The first kappa shape index (κ1) is 85.1. The zero-order chi connectivity index (χ0) is 64.5. The number of carbonyl (C=O) groups excluding carboxylic acids is 4. The van der Waals surface area contributed by atoms with Gasteiger partial charge in [0.15, 0.2) is 12.2 Å². The van der Waals surface area contributed by atoms with E-state index in [1.807, 2.05) is 0 Å². The Morgan fingerprint density at radius 2 is 0.586 bits per heavy atom. The van der Waals surface area contributed by atoms with Gasteiger partial charge in [-0.1, -0.05) is 286 Å². The van der Waals surface area contributed by atoms with Crippen molar-refractivity contribution in [1.29, 1.82) is 0 Å². The molecule has 0 aliphatic carbocycles. The number of aliphatic hydroxyl groups excluding tert-OH is 1. The molecule has 0 aromatic heterocycles. The maximum atomic E-state index is 13.0. The molecule has 7 atom stereocenters. The molecule has 0 saturated carbocycles. The maximum absolute atomic E-state index is 13.0. The predicted octanol–water partition coefficient (Wildman–Crippen LogP) is 19.1. The Balaban J connectivity index is 5.26. The first-order chi connectivity index (χ1) is 41.8. The monoisotopic (exact) mass is 1280 g/mol. The number of phosphoric acid groups is 2. The van der Waals surface area contributed by atoms with Crippen molar-refractivity contribution in [3.63, 3.8) is 0 Å². The summed E-state index contributed by atoms with van der Waals surface area (Å²) in [6, 6.07) is 0. The Labute approximate surface area is 530 Å². The van der Waals surface area contributed by atoms with Crippen LogP contribution < -0.4 is 0 Å². The normalized spacial score (nSPS) is 14.9. The van der Waals surface area contributed by atoms with Crippen molar-refractivity contribution in [3.8, 4) is 0 Å². The van der Waals surface area contributed by atoms with E-state index in [4.69, 9.17) is 37.0 Å². The van der Waals surface area contributed by atoms with Gasteiger partial charge in [0.25, 0.3) is 0 Å². The van der Waals surface area contributed by atoms with Gasteiger partial charge in [0.05, 0.1) is 26.4 Å². The molecule has 0 amide bonds. The quantitative estimate of drug-likeness (QED) is 0.0222. The Bertz CT molecular complexity index is 1720. The molecular weight excluding hydrogens is 1150 g/mol. The minimum atomic E-state index is -4.95. The van der Waals surface area contributed by atoms with Gasteiger partial charge in [0.1, 0.15) is 19.3 Å². The summed E-state index contributed by atoms with van der Waals surface area (Å²) in [6.45, 7) is 11.8. The molecule has 19 heteroatoms. The molecule has 516 valence electrons. The fourth-order valence-electron chi connectivity index (χ4n) is 10.1. The second kappa shape index (κ2) is 59.1. The lowest BCUT2D eigenvalue weighted by molar-refractivity contribution is -0.161. The van der Waals surface area contributed by atoms with Gasteiger partial charge < -0.3 is 33.8 Å². The van der Waals surface area contributed by atoms with Crippen molar-refractivity contribution in [2.24, 2.45) is 17.8 Å². The van der Waals surface area contributed by atoms with Gasteiger partial charge >= 0.3 is 39.5 Å². The van der Waals surface area contributed by atoms with Gasteiger partial charge in [-0.25, -0.2) is 9.13 Å². The van der Waals surface area contributed by atoms with Gasteiger partial charge in [0.2, 0.25) is 0 Å². The lowest BCUT2D eigenvalue weighted by Gasteiger charge is -2.21. The molecule has 17 nitrogen and oxygen atoms in total. The first-order valence-electron chi connectivity index (χ1n) is 35.4. The minimum Gasteiger partial charge on any atom is -0.462 e. The second-order valence-electron chi connectivity index (χ2n) is 25.5. The average molecular weight is 1280 g/mol. The van der Waals surface area contributed by atoms with Crippen LogP contribution in [0.5, 0.6) is 0 Å². The van der Waals surface area contributed by atoms with Gasteiger partial charge in [-0.2, -0.15) is 0 Å². The van der Waals surface area contributed by atoms with Gasteiger partial charge in [-0.05, 0) is 43.4 Å². The Kier molecular flexibility index (Phi) is 57.8. The van der Waals surface area contributed by atoms with Crippen LogP contribution in [0.25, 0.3) is 0 Å². The van der Waals surface area contributed by atoms with Crippen LogP contribution in [0.15, 0.2) is 0 Å². The van der Waals surface area contributed by atoms with E-state index in [2.05, 4.69) is 48.5 Å². The third kappa shape index (κ3) is 60.1. The van der Waals surface area contributed by atoms with E-state index in [-0.39, 0.29) is 25.7 Å². The molecule has 0 bridgehead atoms. The molecule has 87 heavy (non-hydrogen) atoms. The lowest BCUT2D eigenvalue weighted by atomic mass is 9.99. The molecule has 0 aromatic carbocycles. The van der Waals surface area contributed by atoms with Crippen LogP contribution in [-0.4, -0.2) is 96.7 Å². The molecule has 0 aromatic rings. The molecular formula is C68H132O17P2. The molecule has 0 spiro atoms. The third-order valence-corrected chi connectivity index (χ3v) is 18.3. The fraction of sp³-hybridized carbons (Fsp3) is 0.941. The highest BCUT2D eigenvalue weighted by molar-refractivity contribution is 7.47. The topological polar surface area (TPSA) is 237 Å². The van der Waals surface area contributed by atoms with Crippen molar-refractivity contribution in [2.75, 3.05) is 39.6 Å². The molecule has 3 N–H and O–H groups in total. The van der Waals surface area contributed by atoms with E-state index >= 15 is 0 Å².